The van der Waals surface area contributed by atoms with E-state index in [9.17, 15) is 0 Å². The van der Waals surface area contributed by atoms with Gasteiger partial charge in [-0.15, -0.1) is 0 Å². The van der Waals surface area contributed by atoms with Crippen molar-refractivity contribution in [1.29, 1.82) is 0 Å². The quantitative estimate of drug-likeness (QED) is 0.655. The molecule has 0 aromatic rings. The molecule has 3 saturated carbocycles. The summed E-state index contributed by atoms with van der Waals surface area (Å²) in [6.45, 7) is 4.89. The van der Waals surface area contributed by atoms with Gasteiger partial charge in [0.1, 0.15) is 0 Å². The molecule has 5 atom stereocenters. The lowest BCUT2D eigenvalue weighted by molar-refractivity contribution is 0.0808. The fourth-order valence-corrected chi connectivity index (χ4v) is 5.79. The van der Waals surface area contributed by atoms with Crippen LogP contribution in [0.5, 0.6) is 0 Å². The molecule has 0 nitrogen and oxygen atoms in total. The highest BCUT2D eigenvalue weighted by atomic mass is 14.6. The minimum absolute atomic E-state index is 0.559. The van der Waals surface area contributed by atoms with Crippen LogP contribution in [0.15, 0.2) is 0 Å². The van der Waals surface area contributed by atoms with Crippen molar-refractivity contribution in [2.45, 2.75) is 64.0 Å². The number of hydrogen-bond donors (Lipinski definition) is 0. The Morgan fingerprint density at radius 2 is 1.56 bits per heavy atom. The summed E-state index contributed by atoms with van der Waals surface area (Å²) in [5, 5.41) is 0.559. The van der Waals surface area contributed by atoms with Crippen molar-refractivity contribution >= 4 is 15.7 Å². The van der Waals surface area contributed by atoms with E-state index in [4.69, 9.17) is 0 Å². The van der Waals surface area contributed by atoms with Gasteiger partial charge in [0.25, 0.3) is 0 Å². The first-order chi connectivity index (χ1) is 8.51. The van der Waals surface area contributed by atoms with Gasteiger partial charge in [-0.1, -0.05) is 57.1 Å². The normalized spacial score (nSPS) is 44.1. The summed E-state index contributed by atoms with van der Waals surface area (Å²) < 4.78 is 0. The maximum absolute atomic E-state index is 2.56. The molecule has 2 heteroatoms. The molecule has 18 heavy (non-hydrogen) atoms. The fraction of sp³-hybridized carbons (Fsp3) is 1.00. The van der Waals surface area contributed by atoms with Crippen molar-refractivity contribution in [1.82, 2.24) is 0 Å². The van der Waals surface area contributed by atoms with Crippen LogP contribution in [0.2, 0.25) is 5.21 Å². The summed E-state index contributed by atoms with van der Waals surface area (Å²) in [7, 11) is 5.12. The Kier molecular flexibility index (Phi) is 3.35. The number of hydrogen-bond acceptors (Lipinski definition) is 0. The first kappa shape index (κ1) is 13.1. The van der Waals surface area contributed by atoms with E-state index in [0.717, 1.165) is 35.5 Å². The largest absolute Gasteiger partial charge is 0.0999 e. The second kappa shape index (κ2) is 4.60. The van der Waals surface area contributed by atoms with Gasteiger partial charge in [0.2, 0.25) is 0 Å². The molecule has 0 radical (unpaired) electrons. The average molecular weight is 244 g/mol. The van der Waals surface area contributed by atoms with Gasteiger partial charge in [-0.2, -0.15) is 0 Å². The maximum atomic E-state index is 2.56. The Labute approximate surface area is 115 Å². The van der Waals surface area contributed by atoms with Crippen LogP contribution in [0.3, 0.4) is 0 Å². The van der Waals surface area contributed by atoms with Crippen LogP contribution in [0.4, 0.5) is 0 Å². The van der Waals surface area contributed by atoms with Gasteiger partial charge in [-0.05, 0) is 42.4 Å². The third-order valence-electron chi connectivity index (χ3n) is 7.36. The second-order valence-electron chi connectivity index (χ2n) is 8.44. The van der Waals surface area contributed by atoms with Gasteiger partial charge in [-0.25, -0.2) is 0 Å². The molecule has 0 aliphatic heterocycles. The Morgan fingerprint density at radius 3 is 2.22 bits per heavy atom. The van der Waals surface area contributed by atoms with E-state index in [1.54, 1.807) is 32.1 Å². The first-order valence-corrected chi connectivity index (χ1v) is 8.51. The maximum Gasteiger partial charge on any atom is 0.0999 e. The number of rotatable bonds is 2. The van der Waals surface area contributed by atoms with Crippen molar-refractivity contribution in [3.05, 3.63) is 0 Å². The molecule has 0 amide bonds. The lowest BCUT2D eigenvalue weighted by Crippen LogP contribution is -2.37. The van der Waals surface area contributed by atoms with Crippen LogP contribution in [-0.2, 0) is 0 Å². The van der Waals surface area contributed by atoms with Gasteiger partial charge in [-0.3, -0.25) is 0 Å². The molecule has 0 saturated heterocycles. The average Bonchev–Trinajstić information content (AvgIpc) is 2.72. The van der Waals surface area contributed by atoms with E-state index in [1.165, 1.54) is 12.8 Å². The van der Waals surface area contributed by atoms with E-state index < -0.39 is 0 Å². The summed E-state index contributed by atoms with van der Waals surface area (Å²) in [6.07, 6.45) is 10.9. The molecule has 0 spiro atoms. The molecule has 3 rings (SSSR count). The predicted molar refractivity (Wildman–Crippen MR) is 84.4 cm³/mol. The van der Waals surface area contributed by atoms with Gasteiger partial charge in [0.05, 0.1) is 15.7 Å². The molecule has 3 aliphatic rings. The van der Waals surface area contributed by atoms with Crippen molar-refractivity contribution in [2.75, 3.05) is 0 Å². The zero-order chi connectivity index (χ0) is 12.9. The van der Waals surface area contributed by atoms with Crippen molar-refractivity contribution in [3.8, 4) is 0 Å². The van der Waals surface area contributed by atoms with Crippen molar-refractivity contribution < 1.29 is 0 Å². The highest BCUT2D eigenvalue weighted by molar-refractivity contribution is 6.40. The molecule has 0 bridgehead atoms. The summed E-state index contributed by atoms with van der Waals surface area (Å²) >= 11 is 0. The highest BCUT2D eigenvalue weighted by Gasteiger charge is 2.53. The minimum atomic E-state index is 0.559. The highest BCUT2D eigenvalue weighted by Crippen LogP contribution is 2.62. The lowest BCUT2D eigenvalue weighted by atomic mass is 9.41. The summed E-state index contributed by atoms with van der Waals surface area (Å²) in [5.41, 5.74) is 0. The topological polar surface area (TPSA) is 0 Å². The molecular formula is C16H30B2. The third kappa shape index (κ3) is 1.90. The Balaban J connectivity index is 1.86. The molecule has 3 aliphatic carbocycles. The fourth-order valence-electron chi connectivity index (χ4n) is 5.79. The predicted octanol–water partition coefficient (Wildman–Crippen LogP) is 2.88. The molecule has 5 unspecified atom stereocenters. The Bertz CT molecular complexity index is 308. The van der Waals surface area contributed by atoms with E-state index >= 15 is 0 Å². The molecule has 0 N–H and O–H groups in total. The van der Waals surface area contributed by atoms with Crippen LogP contribution >= 0.6 is 0 Å². The van der Waals surface area contributed by atoms with Crippen molar-refractivity contribution in [2.24, 2.45) is 35.5 Å². The van der Waals surface area contributed by atoms with Crippen LogP contribution in [0.25, 0.3) is 0 Å². The minimum Gasteiger partial charge on any atom is -0.0793 e. The van der Waals surface area contributed by atoms with Crippen LogP contribution in [0.1, 0.15) is 58.8 Å². The van der Waals surface area contributed by atoms with E-state index in [-0.39, 0.29) is 0 Å². The van der Waals surface area contributed by atoms with Gasteiger partial charge in [0, 0.05) is 0 Å². The standard InChI is InChI=1S/C16H30B2/c1-10(2)16(17,18)14-9-12-7-3-5-11-6-4-8-13(14)15(11)12/h10-15H,3-9,17-18H2,1-2H3. The Morgan fingerprint density at radius 1 is 0.944 bits per heavy atom. The molecule has 100 valence electrons. The zero-order valence-corrected chi connectivity index (χ0v) is 12.9. The monoisotopic (exact) mass is 244 g/mol. The Hall–Kier alpha value is 0.130. The molecule has 3 fully saturated rings. The van der Waals surface area contributed by atoms with Crippen LogP contribution in [0, 0.1) is 35.5 Å². The lowest BCUT2D eigenvalue weighted by Gasteiger charge is -2.45. The molecule has 0 heterocycles. The van der Waals surface area contributed by atoms with Crippen LogP contribution in [-0.4, -0.2) is 15.7 Å². The summed E-state index contributed by atoms with van der Waals surface area (Å²) in [4.78, 5) is 0. The van der Waals surface area contributed by atoms with Gasteiger partial charge < -0.3 is 0 Å². The van der Waals surface area contributed by atoms with E-state index in [1.807, 2.05) is 0 Å². The van der Waals surface area contributed by atoms with E-state index in [0.29, 0.717) is 5.21 Å². The summed E-state index contributed by atoms with van der Waals surface area (Å²) in [6, 6.07) is 0. The van der Waals surface area contributed by atoms with Crippen molar-refractivity contribution in [3.63, 3.8) is 0 Å². The van der Waals surface area contributed by atoms with Gasteiger partial charge in [0.15, 0.2) is 0 Å². The van der Waals surface area contributed by atoms with Gasteiger partial charge >= 0.3 is 0 Å². The van der Waals surface area contributed by atoms with Crippen LogP contribution < -0.4 is 0 Å². The third-order valence-corrected chi connectivity index (χ3v) is 7.36. The molecule has 0 aromatic carbocycles. The molecule has 0 aromatic heterocycles. The second-order valence-corrected chi connectivity index (χ2v) is 8.44. The smallest absolute Gasteiger partial charge is 0.0793 e. The summed E-state index contributed by atoms with van der Waals surface area (Å²) in [5.74, 6) is 6.31. The molecular weight excluding hydrogens is 214 g/mol. The van der Waals surface area contributed by atoms with E-state index in [2.05, 4.69) is 29.5 Å². The zero-order valence-electron chi connectivity index (χ0n) is 12.9. The first-order valence-electron chi connectivity index (χ1n) is 8.51. The SMILES string of the molecule is BC(B)(C(C)C)C1CC2CCCC3CCCC1C32.